The normalized spacial score (nSPS) is 11.1. The zero-order valence-electron chi connectivity index (χ0n) is 9.32. The molecule has 0 saturated carbocycles. The van der Waals surface area contributed by atoms with Crippen molar-refractivity contribution in [1.82, 2.24) is 14.5 Å². The molecule has 0 fully saturated rings. The minimum absolute atomic E-state index is 0.152. The minimum atomic E-state index is -1.24. The summed E-state index contributed by atoms with van der Waals surface area (Å²) in [6.07, 6.45) is 3.01. The van der Waals surface area contributed by atoms with Crippen LogP contribution in [-0.2, 0) is 0 Å². The molecule has 0 aliphatic heterocycles. The third kappa shape index (κ3) is 1.82. The Bertz CT molecular complexity index is 838. The molecule has 0 spiro atoms. The zero-order chi connectivity index (χ0) is 13.6. The molecule has 0 amide bonds. The van der Waals surface area contributed by atoms with Crippen LogP contribution in [0.3, 0.4) is 0 Å². The number of hydrogen-bond acceptors (Lipinski definition) is 2. The fourth-order valence-electron chi connectivity index (χ4n) is 1.88. The molecule has 1 N–H and O–H groups in total. The second kappa shape index (κ2) is 4.20. The summed E-state index contributed by atoms with van der Waals surface area (Å²) in [6.45, 7) is 0. The lowest BCUT2D eigenvalue weighted by Gasteiger charge is -2.06. The molecule has 2 heterocycles. The molecule has 0 saturated heterocycles. The molecule has 1 aromatic carbocycles. The van der Waals surface area contributed by atoms with Crippen molar-refractivity contribution < 1.29 is 13.2 Å². The Morgan fingerprint density at radius 2 is 1.84 bits per heavy atom. The number of fused-ring (bicyclic) bond motifs is 1. The maximum atomic E-state index is 13.8. The topological polar surface area (TPSA) is 33.6 Å². The van der Waals surface area contributed by atoms with Crippen molar-refractivity contribution in [3.63, 3.8) is 0 Å². The lowest BCUT2D eigenvalue weighted by molar-refractivity contribution is 0.493. The van der Waals surface area contributed by atoms with Gasteiger partial charge in [0, 0.05) is 18.3 Å². The molecule has 7 heteroatoms. The molecular formula is C12H6F3N3S. The summed E-state index contributed by atoms with van der Waals surface area (Å²) in [5.74, 6) is -3.27. The smallest absolute Gasteiger partial charge is 0.182 e. The van der Waals surface area contributed by atoms with Gasteiger partial charge in [-0.15, -0.1) is 0 Å². The number of imidazole rings is 1. The third-order valence-electron chi connectivity index (χ3n) is 2.71. The Kier molecular flexibility index (Phi) is 2.63. The third-order valence-corrected chi connectivity index (χ3v) is 3.00. The number of aromatic amines is 1. The van der Waals surface area contributed by atoms with Crippen molar-refractivity contribution in [2.45, 2.75) is 0 Å². The van der Waals surface area contributed by atoms with Crippen LogP contribution in [-0.4, -0.2) is 14.5 Å². The van der Waals surface area contributed by atoms with Gasteiger partial charge in [0.15, 0.2) is 16.4 Å². The van der Waals surface area contributed by atoms with E-state index in [1.165, 1.54) is 17.0 Å². The molecule has 0 aliphatic rings. The quantitative estimate of drug-likeness (QED) is 0.547. The van der Waals surface area contributed by atoms with E-state index in [1.807, 2.05) is 0 Å². The van der Waals surface area contributed by atoms with Crippen LogP contribution in [0.1, 0.15) is 0 Å². The Labute approximate surface area is 110 Å². The number of rotatable bonds is 1. The molecule has 0 aliphatic carbocycles. The van der Waals surface area contributed by atoms with Crippen molar-refractivity contribution in [3.8, 4) is 5.69 Å². The first-order valence-corrected chi connectivity index (χ1v) is 5.68. The van der Waals surface area contributed by atoms with Crippen LogP contribution in [0.5, 0.6) is 0 Å². The average Bonchev–Trinajstić information content (AvgIpc) is 2.70. The minimum Gasteiger partial charge on any atom is -0.329 e. The number of pyridine rings is 1. The molecule has 3 nitrogen and oxygen atoms in total. The van der Waals surface area contributed by atoms with Gasteiger partial charge in [0.2, 0.25) is 0 Å². The van der Waals surface area contributed by atoms with Crippen molar-refractivity contribution >= 4 is 23.3 Å². The summed E-state index contributed by atoms with van der Waals surface area (Å²) >= 11 is 5.07. The number of aromatic nitrogens is 3. The highest BCUT2D eigenvalue weighted by Gasteiger charge is 2.14. The number of hydrogen-bond donors (Lipinski definition) is 1. The first-order chi connectivity index (χ1) is 9.08. The molecule has 0 radical (unpaired) electrons. The van der Waals surface area contributed by atoms with Crippen molar-refractivity contribution in [3.05, 3.63) is 52.8 Å². The summed E-state index contributed by atoms with van der Waals surface area (Å²) < 4.78 is 41.5. The number of nitrogens with zero attached hydrogens (tertiary/aromatic N) is 2. The lowest BCUT2D eigenvalue weighted by atomic mass is 10.2. The Balaban J connectivity index is 2.40. The molecule has 0 unspecified atom stereocenters. The fourth-order valence-corrected chi connectivity index (χ4v) is 2.19. The fraction of sp³-hybridized carbons (Fsp3) is 0. The van der Waals surface area contributed by atoms with Crippen molar-refractivity contribution in [2.24, 2.45) is 0 Å². The molecular weight excluding hydrogens is 275 g/mol. The van der Waals surface area contributed by atoms with E-state index in [9.17, 15) is 13.2 Å². The number of benzene rings is 1. The van der Waals surface area contributed by atoms with E-state index in [2.05, 4.69) is 9.97 Å². The van der Waals surface area contributed by atoms with E-state index in [-0.39, 0.29) is 10.5 Å². The van der Waals surface area contributed by atoms with Crippen LogP contribution >= 0.6 is 12.2 Å². The molecule has 3 rings (SSSR count). The standard InChI is InChI=1S/C12H6F3N3S/c13-6-3-8(15)11(4-7(6)14)18-10-1-2-16-5-9(10)17-12(18)19/h1-5H,(H,17,19). The molecule has 0 bridgehead atoms. The second-order valence-corrected chi connectivity index (χ2v) is 4.26. The van der Waals surface area contributed by atoms with E-state index >= 15 is 0 Å². The Morgan fingerprint density at radius 3 is 2.63 bits per heavy atom. The predicted molar refractivity (Wildman–Crippen MR) is 66.1 cm³/mol. The van der Waals surface area contributed by atoms with E-state index in [1.54, 1.807) is 6.07 Å². The van der Waals surface area contributed by atoms with Crippen molar-refractivity contribution in [1.29, 1.82) is 0 Å². The van der Waals surface area contributed by atoms with Crippen LogP contribution in [0.15, 0.2) is 30.6 Å². The maximum Gasteiger partial charge on any atom is 0.182 e. The van der Waals surface area contributed by atoms with Gasteiger partial charge in [-0.2, -0.15) is 0 Å². The summed E-state index contributed by atoms with van der Waals surface area (Å²) in [5, 5.41) is 0. The van der Waals surface area contributed by atoms with E-state index in [0.717, 1.165) is 6.07 Å². The number of H-pyrrole nitrogens is 1. The van der Waals surface area contributed by atoms with Gasteiger partial charge in [0.25, 0.3) is 0 Å². The molecule has 3 aromatic rings. The van der Waals surface area contributed by atoms with Gasteiger partial charge in [-0.25, -0.2) is 13.2 Å². The first-order valence-electron chi connectivity index (χ1n) is 5.27. The summed E-state index contributed by atoms with van der Waals surface area (Å²) in [4.78, 5) is 6.72. The van der Waals surface area contributed by atoms with Gasteiger partial charge < -0.3 is 4.98 Å². The number of halogens is 3. The van der Waals surface area contributed by atoms with Crippen LogP contribution in [0, 0.1) is 22.2 Å². The molecule has 2 aromatic heterocycles. The van der Waals surface area contributed by atoms with Crippen LogP contribution in [0.4, 0.5) is 13.2 Å². The summed E-state index contributed by atoms with van der Waals surface area (Å²) in [6, 6.07) is 2.86. The van der Waals surface area contributed by atoms with Crippen molar-refractivity contribution in [2.75, 3.05) is 0 Å². The largest absolute Gasteiger partial charge is 0.329 e. The van der Waals surface area contributed by atoms with Crippen LogP contribution in [0.25, 0.3) is 16.7 Å². The van der Waals surface area contributed by atoms with E-state index < -0.39 is 17.5 Å². The van der Waals surface area contributed by atoms with Gasteiger partial charge in [0.05, 0.1) is 22.9 Å². The second-order valence-electron chi connectivity index (χ2n) is 3.88. The Hall–Kier alpha value is -2.15. The van der Waals surface area contributed by atoms with Gasteiger partial charge in [-0.05, 0) is 18.3 Å². The van der Waals surface area contributed by atoms with Gasteiger partial charge >= 0.3 is 0 Å². The molecule has 96 valence electrons. The highest BCUT2D eigenvalue weighted by atomic mass is 32.1. The Morgan fingerprint density at radius 1 is 1.11 bits per heavy atom. The van der Waals surface area contributed by atoms with E-state index in [0.29, 0.717) is 17.1 Å². The van der Waals surface area contributed by atoms with Gasteiger partial charge in [-0.3, -0.25) is 9.55 Å². The SMILES string of the molecule is Fc1cc(F)c(-n2c(=S)[nH]c3cnccc32)cc1F. The van der Waals surface area contributed by atoms with Crippen LogP contribution in [0.2, 0.25) is 0 Å². The van der Waals surface area contributed by atoms with Gasteiger partial charge in [0.1, 0.15) is 5.82 Å². The summed E-state index contributed by atoms with van der Waals surface area (Å²) in [5.41, 5.74) is 0.961. The van der Waals surface area contributed by atoms with Gasteiger partial charge in [-0.1, -0.05) is 0 Å². The zero-order valence-corrected chi connectivity index (χ0v) is 10.1. The average molecular weight is 281 g/mol. The summed E-state index contributed by atoms with van der Waals surface area (Å²) in [7, 11) is 0. The first kappa shape index (κ1) is 11.9. The highest BCUT2D eigenvalue weighted by Crippen LogP contribution is 2.23. The lowest BCUT2D eigenvalue weighted by Crippen LogP contribution is -2.00. The number of nitrogens with one attached hydrogen (secondary N) is 1. The molecule has 19 heavy (non-hydrogen) atoms. The predicted octanol–water partition coefficient (Wildman–Crippen LogP) is 3.50. The van der Waals surface area contributed by atoms with Crippen LogP contribution < -0.4 is 0 Å². The molecule has 0 atom stereocenters. The van der Waals surface area contributed by atoms with E-state index in [4.69, 9.17) is 12.2 Å². The highest BCUT2D eigenvalue weighted by molar-refractivity contribution is 7.71. The maximum absolute atomic E-state index is 13.8. The monoisotopic (exact) mass is 281 g/mol.